The van der Waals surface area contributed by atoms with E-state index in [-0.39, 0.29) is 13.0 Å². The van der Waals surface area contributed by atoms with Gasteiger partial charge in [-0.3, -0.25) is 9.59 Å². The lowest BCUT2D eigenvalue weighted by Gasteiger charge is -2.19. The molecule has 0 aliphatic carbocycles. The first kappa shape index (κ1) is 21.6. The van der Waals surface area contributed by atoms with Crippen LogP contribution in [-0.2, 0) is 19.1 Å². The van der Waals surface area contributed by atoms with E-state index in [0.29, 0.717) is 16.5 Å². The monoisotopic (exact) mass is 386 g/mol. The van der Waals surface area contributed by atoms with Gasteiger partial charge in [0.1, 0.15) is 11.4 Å². The van der Waals surface area contributed by atoms with Crippen LogP contribution in [-0.4, -0.2) is 43.8 Å². The molecule has 9 heteroatoms. The lowest BCUT2D eigenvalue weighted by Crippen LogP contribution is -2.34. The normalized spacial score (nSPS) is 10.7. The number of amides is 2. The van der Waals surface area contributed by atoms with Gasteiger partial charge in [-0.15, -0.1) is 0 Å². The van der Waals surface area contributed by atoms with Crippen LogP contribution in [0.5, 0.6) is 5.75 Å². The first-order chi connectivity index (χ1) is 12.1. The van der Waals surface area contributed by atoms with Crippen LogP contribution in [0.3, 0.4) is 0 Å². The van der Waals surface area contributed by atoms with Crippen LogP contribution in [0.1, 0.15) is 27.2 Å². The molecule has 0 saturated carbocycles. The molecule has 0 bridgehead atoms. The number of hydrogen-bond donors (Lipinski definition) is 2. The van der Waals surface area contributed by atoms with Gasteiger partial charge in [0.25, 0.3) is 5.91 Å². The molecule has 8 nitrogen and oxygen atoms in total. The summed E-state index contributed by atoms with van der Waals surface area (Å²) >= 11 is 5.96. The van der Waals surface area contributed by atoms with Crippen LogP contribution in [0, 0.1) is 0 Å². The highest BCUT2D eigenvalue weighted by atomic mass is 35.5. The average molecular weight is 387 g/mol. The molecule has 1 rings (SSSR count). The molecule has 2 N–H and O–H groups in total. The summed E-state index contributed by atoms with van der Waals surface area (Å²) in [5.41, 5.74) is -0.170. The molecule has 1 aromatic carbocycles. The maximum Gasteiger partial charge on any atom is 0.407 e. The summed E-state index contributed by atoms with van der Waals surface area (Å²) in [4.78, 5) is 34.8. The van der Waals surface area contributed by atoms with Crippen molar-refractivity contribution < 1.29 is 28.6 Å². The predicted molar refractivity (Wildman–Crippen MR) is 96.4 cm³/mol. The molecule has 0 spiro atoms. The van der Waals surface area contributed by atoms with Gasteiger partial charge in [0.15, 0.2) is 6.61 Å². The molecule has 144 valence electrons. The van der Waals surface area contributed by atoms with Gasteiger partial charge in [0.2, 0.25) is 0 Å². The molecule has 0 fully saturated rings. The van der Waals surface area contributed by atoms with Gasteiger partial charge in [-0.05, 0) is 39.0 Å². The van der Waals surface area contributed by atoms with E-state index in [0.717, 1.165) is 0 Å². The van der Waals surface area contributed by atoms with E-state index in [1.54, 1.807) is 32.9 Å². The van der Waals surface area contributed by atoms with Crippen LogP contribution in [0.2, 0.25) is 5.02 Å². The maximum atomic E-state index is 11.8. The van der Waals surface area contributed by atoms with Crippen LogP contribution < -0.4 is 15.4 Å². The SMILES string of the molecule is COc1ccc(NC(=O)COC(=O)CCNC(=O)OC(C)(C)C)cc1Cl. The number of carbonyl (C=O) groups excluding carboxylic acids is 3. The Balaban J connectivity index is 2.29. The summed E-state index contributed by atoms with van der Waals surface area (Å²) in [5.74, 6) is -0.655. The second kappa shape index (κ2) is 9.86. The van der Waals surface area contributed by atoms with Crippen molar-refractivity contribution in [1.82, 2.24) is 5.32 Å². The van der Waals surface area contributed by atoms with Gasteiger partial charge >= 0.3 is 12.1 Å². The molecular weight excluding hydrogens is 364 g/mol. The van der Waals surface area contributed by atoms with Crippen molar-refractivity contribution in [3.63, 3.8) is 0 Å². The summed E-state index contributed by atoms with van der Waals surface area (Å²) in [6, 6.07) is 4.73. The Morgan fingerprint density at radius 3 is 2.46 bits per heavy atom. The molecule has 0 heterocycles. The number of esters is 1. The highest BCUT2D eigenvalue weighted by Gasteiger charge is 2.16. The Hall–Kier alpha value is -2.48. The Morgan fingerprint density at radius 2 is 1.88 bits per heavy atom. The van der Waals surface area contributed by atoms with E-state index < -0.39 is 30.2 Å². The van der Waals surface area contributed by atoms with Crippen LogP contribution >= 0.6 is 11.6 Å². The molecule has 0 atom stereocenters. The second-order valence-electron chi connectivity index (χ2n) is 6.24. The first-order valence-corrected chi connectivity index (χ1v) is 8.24. The van der Waals surface area contributed by atoms with E-state index >= 15 is 0 Å². The summed E-state index contributed by atoms with van der Waals surface area (Å²) in [6.45, 7) is 4.79. The van der Waals surface area contributed by atoms with Crippen molar-refractivity contribution >= 4 is 35.3 Å². The minimum Gasteiger partial charge on any atom is -0.495 e. The molecule has 0 aliphatic heterocycles. The van der Waals surface area contributed by atoms with Gasteiger partial charge < -0.3 is 24.8 Å². The zero-order valence-electron chi connectivity index (χ0n) is 15.2. The summed E-state index contributed by atoms with van der Waals surface area (Å²) in [6.07, 6.45) is -0.708. The largest absolute Gasteiger partial charge is 0.495 e. The minimum absolute atomic E-state index is 0.0451. The molecule has 0 aliphatic rings. The second-order valence-corrected chi connectivity index (χ2v) is 6.64. The maximum absolute atomic E-state index is 11.8. The third kappa shape index (κ3) is 8.57. The number of anilines is 1. The van der Waals surface area contributed by atoms with Crippen molar-refractivity contribution in [3.05, 3.63) is 23.2 Å². The number of methoxy groups -OCH3 is 1. The molecule has 1 aromatic rings. The standard InChI is InChI=1S/C17H23ClN2O6/c1-17(2,3)26-16(23)19-8-7-15(22)25-10-14(21)20-11-5-6-13(24-4)12(18)9-11/h5-6,9H,7-8,10H2,1-4H3,(H,19,23)(H,20,21). The Labute approximate surface area is 157 Å². The summed E-state index contributed by atoms with van der Waals surface area (Å²) in [5, 5.41) is 5.31. The number of hydrogen-bond acceptors (Lipinski definition) is 6. The predicted octanol–water partition coefficient (Wildman–Crippen LogP) is 2.75. The van der Waals surface area contributed by atoms with Crippen molar-refractivity contribution in [2.75, 3.05) is 25.6 Å². The zero-order valence-corrected chi connectivity index (χ0v) is 15.9. The minimum atomic E-state index is -0.626. The highest BCUT2D eigenvalue weighted by Crippen LogP contribution is 2.27. The Morgan fingerprint density at radius 1 is 1.19 bits per heavy atom. The van der Waals surface area contributed by atoms with E-state index in [2.05, 4.69) is 10.6 Å². The molecule has 0 unspecified atom stereocenters. The van der Waals surface area contributed by atoms with Crippen molar-refractivity contribution in [1.29, 1.82) is 0 Å². The van der Waals surface area contributed by atoms with Crippen molar-refractivity contribution in [2.45, 2.75) is 32.8 Å². The third-order valence-electron chi connectivity index (χ3n) is 2.80. The molecule has 0 aromatic heterocycles. The molecule has 26 heavy (non-hydrogen) atoms. The Bertz CT molecular complexity index is 657. The van der Waals surface area contributed by atoms with E-state index in [1.165, 1.54) is 13.2 Å². The number of rotatable bonds is 7. The van der Waals surface area contributed by atoms with Gasteiger partial charge in [-0.1, -0.05) is 11.6 Å². The molecule has 0 radical (unpaired) electrons. The van der Waals surface area contributed by atoms with E-state index in [9.17, 15) is 14.4 Å². The van der Waals surface area contributed by atoms with E-state index in [1.807, 2.05) is 0 Å². The zero-order chi connectivity index (χ0) is 19.7. The van der Waals surface area contributed by atoms with Crippen LogP contribution in [0.4, 0.5) is 10.5 Å². The fourth-order valence-electron chi connectivity index (χ4n) is 1.74. The fourth-order valence-corrected chi connectivity index (χ4v) is 2.00. The van der Waals surface area contributed by atoms with E-state index in [4.69, 9.17) is 25.8 Å². The third-order valence-corrected chi connectivity index (χ3v) is 3.09. The lowest BCUT2D eigenvalue weighted by atomic mass is 10.2. The molecular formula is C17H23ClN2O6. The quantitative estimate of drug-likeness (QED) is 0.698. The average Bonchev–Trinajstić information content (AvgIpc) is 2.51. The lowest BCUT2D eigenvalue weighted by molar-refractivity contribution is -0.147. The van der Waals surface area contributed by atoms with Gasteiger partial charge in [-0.2, -0.15) is 0 Å². The number of nitrogens with one attached hydrogen (secondary N) is 2. The summed E-state index contributed by atoms with van der Waals surface area (Å²) in [7, 11) is 1.48. The topological polar surface area (TPSA) is 103 Å². The van der Waals surface area contributed by atoms with Gasteiger partial charge in [0.05, 0.1) is 18.6 Å². The first-order valence-electron chi connectivity index (χ1n) is 7.86. The number of benzene rings is 1. The molecule has 2 amide bonds. The van der Waals surface area contributed by atoms with Gasteiger partial charge in [0, 0.05) is 12.2 Å². The summed E-state index contributed by atoms with van der Waals surface area (Å²) < 4.78 is 14.9. The fraction of sp³-hybridized carbons (Fsp3) is 0.471. The van der Waals surface area contributed by atoms with Crippen LogP contribution in [0.15, 0.2) is 18.2 Å². The van der Waals surface area contributed by atoms with Crippen molar-refractivity contribution in [2.24, 2.45) is 0 Å². The highest BCUT2D eigenvalue weighted by molar-refractivity contribution is 6.32. The van der Waals surface area contributed by atoms with Gasteiger partial charge in [-0.25, -0.2) is 4.79 Å². The number of ether oxygens (including phenoxy) is 3. The smallest absolute Gasteiger partial charge is 0.407 e. The van der Waals surface area contributed by atoms with Crippen molar-refractivity contribution in [3.8, 4) is 5.75 Å². The number of carbonyl (C=O) groups is 3. The number of alkyl carbamates (subject to hydrolysis) is 1. The molecule has 0 saturated heterocycles. The van der Waals surface area contributed by atoms with Crippen LogP contribution in [0.25, 0.3) is 0 Å². The Kier molecular flexibility index (Phi) is 8.18. The number of halogens is 1.